The lowest BCUT2D eigenvalue weighted by Crippen LogP contribution is -2.33. The van der Waals surface area contributed by atoms with Crippen LogP contribution in [-0.2, 0) is 14.3 Å². The number of carbonyl (C=O) groups excluding carboxylic acids is 3. The molecule has 118 valence electrons. The Labute approximate surface area is 128 Å². The third kappa shape index (κ3) is 3.63. The molecule has 1 N–H and O–H groups in total. The molecule has 1 saturated carbocycles. The van der Waals surface area contributed by atoms with Gasteiger partial charge in [-0.25, -0.2) is 4.79 Å². The topological polar surface area (TPSA) is 81.7 Å². The molecule has 2 rings (SSSR count). The first kappa shape index (κ1) is 16.0. The Morgan fingerprint density at radius 3 is 2.50 bits per heavy atom. The van der Waals surface area contributed by atoms with E-state index in [1.807, 2.05) is 0 Å². The van der Waals surface area contributed by atoms with Gasteiger partial charge in [0.15, 0.2) is 0 Å². The first-order chi connectivity index (χ1) is 10.5. The third-order valence-electron chi connectivity index (χ3n) is 3.85. The van der Waals surface area contributed by atoms with E-state index in [0.717, 1.165) is 6.42 Å². The predicted molar refractivity (Wildman–Crippen MR) is 78.4 cm³/mol. The van der Waals surface area contributed by atoms with E-state index in [9.17, 15) is 14.4 Å². The quantitative estimate of drug-likeness (QED) is 0.853. The van der Waals surface area contributed by atoms with E-state index in [1.165, 1.54) is 20.3 Å². The normalized spacial score (nSPS) is 20.3. The highest BCUT2D eigenvalue weighted by Crippen LogP contribution is 2.26. The van der Waals surface area contributed by atoms with E-state index < -0.39 is 5.97 Å². The van der Waals surface area contributed by atoms with Crippen molar-refractivity contribution in [3.8, 4) is 0 Å². The van der Waals surface area contributed by atoms with Gasteiger partial charge in [0.1, 0.15) is 0 Å². The minimum Gasteiger partial charge on any atom is -0.469 e. The molecule has 0 spiro atoms. The van der Waals surface area contributed by atoms with Crippen molar-refractivity contribution < 1.29 is 23.9 Å². The van der Waals surface area contributed by atoms with Crippen molar-refractivity contribution in [2.75, 3.05) is 14.2 Å². The van der Waals surface area contributed by atoms with Crippen molar-refractivity contribution >= 4 is 17.8 Å². The van der Waals surface area contributed by atoms with Crippen LogP contribution in [-0.4, -0.2) is 38.1 Å². The lowest BCUT2D eigenvalue weighted by atomic mass is 10.1. The van der Waals surface area contributed by atoms with Crippen molar-refractivity contribution in [1.29, 1.82) is 0 Å². The van der Waals surface area contributed by atoms with Crippen LogP contribution in [0.1, 0.15) is 40.0 Å². The molecule has 1 aliphatic rings. The van der Waals surface area contributed by atoms with Crippen LogP contribution in [0.4, 0.5) is 0 Å². The highest BCUT2D eigenvalue weighted by atomic mass is 16.5. The lowest BCUT2D eigenvalue weighted by Gasteiger charge is -2.13. The average Bonchev–Trinajstić information content (AvgIpc) is 3.01. The highest BCUT2D eigenvalue weighted by molar-refractivity contribution is 5.98. The van der Waals surface area contributed by atoms with Crippen LogP contribution in [0.5, 0.6) is 0 Å². The maximum atomic E-state index is 12.2. The predicted octanol–water partition coefficient (Wildman–Crippen LogP) is 1.54. The van der Waals surface area contributed by atoms with E-state index in [0.29, 0.717) is 24.0 Å². The van der Waals surface area contributed by atoms with Crippen LogP contribution in [0.25, 0.3) is 0 Å². The van der Waals surface area contributed by atoms with Crippen molar-refractivity contribution in [1.82, 2.24) is 5.32 Å². The Morgan fingerprint density at radius 2 is 1.82 bits per heavy atom. The molecule has 6 nitrogen and oxygen atoms in total. The highest BCUT2D eigenvalue weighted by Gasteiger charge is 2.31. The maximum Gasteiger partial charge on any atom is 0.337 e. The van der Waals surface area contributed by atoms with E-state index in [2.05, 4.69) is 10.1 Å². The van der Waals surface area contributed by atoms with Crippen molar-refractivity contribution in [3.63, 3.8) is 0 Å². The summed E-state index contributed by atoms with van der Waals surface area (Å²) < 4.78 is 9.36. The fourth-order valence-electron chi connectivity index (χ4n) is 2.67. The summed E-state index contributed by atoms with van der Waals surface area (Å²) in [6.07, 6.45) is 2.02. The molecule has 0 heterocycles. The number of nitrogens with one attached hydrogen (secondary N) is 1. The second kappa shape index (κ2) is 7.06. The SMILES string of the molecule is COC(=O)c1cccc(C(=O)N[C@@H]2CC[C@H](C(=O)OC)C2)c1. The van der Waals surface area contributed by atoms with Crippen LogP contribution in [0.15, 0.2) is 24.3 Å². The number of hydrogen-bond donors (Lipinski definition) is 1. The monoisotopic (exact) mass is 305 g/mol. The van der Waals surface area contributed by atoms with Gasteiger partial charge in [-0.3, -0.25) is 9.59 Å². The van der Waals surface area contributed by atoms with Crippen LogP contribution in [0.3, 0.4) is 0 Å². The zero-order valence-corrected chi connectivity index (χ0v) is 12.6. The van der Waals surface area contributed by atoms with E-state index >= 15 is 0 Å². The van der Waals surface area contributed by atoms with Crippen molar-refractivity contribution in [2.24, 2.45) is 5.92 Å². The number of methoxy groups -OCH3 is 2. The number of carbonyl (C=O) groups is 3. The summed E-state index contributed by atoms with van der Waals surface area (Å²) in [6.45, 7) is 0. The van der Waals surface area contributed by atoms with Gasteiger partial charge in [-0.15, -0.1) is 0 Å². The van der Waals surface area contributed by atoms with Gasteiger partial charge in [0.25, 0.3) is 5.91 Å². The first-order valence-corrected chi connectivity index (χ1v) is 7.12. The fourth-order valence-corrected chi connectivity index (χ4v) is 2.67. The Balaban J connectivity index is 1.98. The second-order valence-electron chi connectivity index (χ2n) is 5.28. The number of rotatable bonds is 4. The molecule has 6 heteroatoms. The first-order valence-electron chi connectivity index (χ1n) is 7.12. The molecule has 1 aromatic rings. The molecule has 1 amide bonds. The number of hydrogen-bond acceptors (Lipinski definition) is 5. The maximum absolute atomic E-state index is 12.2. The number of ether oxygens (including phenoxy) is 2. The molecule has 0 radical (unpaired) electrons. The second-order valence-corrected chi connectivity index (χ2v) is 5.28. The van der Waals surface area contributed by atoms with E-state index in [-0.39, 0.29) is 23.8 Å². The molecule has 1 aromatic carbocycles. The molecule has 0 bridgehead atoms. The van der Waals surface area contributed by atoms with Gasteiger partial charge in [0.05, 0.1) is 25.7 Å². The minimum atomic E-state index is -0.485. The molecular formula is C16H19NO5. The van der Waals surface area contributed by atoms with Gasteiger partial charge < -0.3 is 14.8 Å². The molecule has 1 fully saturated rings. The summed E-state index contributed by atoms with van der Waals surface area (Å²) in [7, 11) is 2.66. The molecule has 0 aliphatic heterocycles. The summed E-state index contributed by atoms with van der Waals surface area (Å²) in [4.78, 5) is 35.2. The standard InChI is InChI=1S/C16H19NO5/c1-21-15(19)11-5-3-4-10(8-11)14(18)17-13-7-6-12(9-13)16(20)22-2/h3-5,8,12-13H,6-7,9H2,1-2H3,(H,17,18)/t12-,13+/m0/s1. The van der Waals surface area contributed by atoms with Crippen LogP contribution < -0.4 is 5.32 Å². The third-order valence-corrected chi connectivity index (χ3v) is 3.85. The smallest absolute Gasteiger partial charge is 0.337 e. The summed E-state index contributed by atoms with van der Waals surface area (Å²) in [6, 6.07) is 6.29. The number of esters is 2. The van der Waals surface area contributed by atoms with E-state index in [1.54, 1.807) is 18.2 Å². The molecular weight excluding hydrogens is 286 g/mol. The molecule has 0 aromatic heterocycles. The zero-order chi connectivity index (χ0) is 16.1. The Kier molecular flexibility index (Phi) is 5.14. The molecule has 1 aliphatic carbocycles. The van der Waals surface area contributed by atoms with Crippen LogP contribution in [0, 0.1) is 5.92 Å². The Bertz CT molecular complexity index is 584. The van der Waals surface area contributed by atoms with Gasteiger partial charge in [-0.05, 0) is 37.5 Å². The van der Waals surface area contributed by atoms with Crippen molar-refractivity contribution in [2.45, 2.75) is 25.3 Å². The van der Waals surface area contributed by atoms with Crippen LogP contribution >= 0.6 is 0 Å². The lowest BCUT2D eigenvalue weighted by molar-refractivity contribution is -0.145. The molecule has 2 atom stereocenters. The van der Waals surface area contributed by atoms with Crippen LogP contribution in [0.2, 0.25) is 0 Å². The Morgan fingerprint density at radius 1 is 1.09 bits per heavy atom. The summed E-state index contributed by atoms with van der Waals surface area (Å²) in [5, 5.41) is 2.89. The fraction of sp³-hybridized carbons (Fsp3) is 0.438. The summed E-state index contributed by atoms with van der Waals surface area (Å²) in [5.74, 6) is -1.14. The molecule has 0 unspecified atom stereocenters. The van der Waals surface area contributed by atoms with Gasteiger partial charge in [-0.1, -0.05) is 6.07 Å². The van der Waals surface area contributed by atoms with E-state index in [4.69, 9.17) is 4.74 Å². The van der Waals surface area contributed by atoms with Gasteiger partial charge in [-0.2, -0.15) is 0 Å². The van der Waals surface area contributed by atoms with Gasteiger partial charge in [0, 0.05) is 11.6 Å². The zero-order valence-electron chi connectivity index (χ0n) is 12.6. The largest absolute Gasteiger partial charge is 0.469 e. The number of amides is 1. The summed E-state index contributed by atoms with van der Waals surface area (Å²) in [5.41, 5.74) is 0.721. The summed E-state index contributed by atoms with van der Waals surface area (Å²) >= 11 is 0. The van der Waals surface area contributed by atoms with Gasteiger partial charge in [0.2, 0.25) is 0 Å². The average molecular weight is 305 g/mol. The Hall–Kier alpha value is -2.37. The molecule has 22 heavy (non-hydrogen) atoms. The van der Waals surface area contributed by atoms with Gasteiger partial charge >= 0.3 is 11.9 Å². The minimum absolute atomic E-state index is 0.0571. The van der Waals surface area contributed by atoms with Crippen molar-refractivity contribution in [3.05, 3.63) is 35.4 Å². The number of benzene rings is 1. The molecule has 0 saturated heterocycles.